The number of aliphatic hydroxyl groups excluding tert-OH is 1. The van der Waals surface area contributed by atoms with Crippen molar-refractivity contribution < 1.29 is 19.1 Å². The molecule has 5 nitrogen and oxygen atoms in total. The maximum Gasteiger partial charge on any atom is 0.407 e. The number of hydrogen-bond acceptors (Lipinski definition) is 4. The predicted octanol–water partition coefficient (Wildman–Crippen LogP) is 2.62. The topological polar surface area (TPSA) is 71.7 Å². The standard InChI is InChI=1S/C13H21NO4/c1-13(2,3)18-12(16)14-7-4-5-11(15)10-6-8-17-9-10/h6,8-9,11,15H,4-5,7H2,1-3H3,(H,14,16)/t11-/m1/s1. The van der Waals surface area contributed by atoms with Crippen molar-refractivity contribution in [3.8, 4) is 0 Å². The Balaban J connectivity index is 2.14. The van der Waals surface area contributed by atoms with E-state index in [-0.39, 0.29) is 0 Å². The molecule has 0 spiro atoms. The van der Waals surface area contributed by atoms with E-state index in [0.717, 1.165) is 5.56 Å². The highest BCUT2D eigenvalue weighted by Crippen LogP contribution is 2.17. The maximum absolute atomic E-state index is 11.3. The van der Waals surface area contributed by atoms with Gasteiger partial charge in [-0.15, -0.1) is 0 Å². The van der Waals surface area contributed by atoms with Gasteiger partial charge in [0.2, 0.25) is 0 Å². The molecule has 0 radical (unpaired) electrons. The van der Waals surface area contributed by atoms with E-state index in [1.165, 1.54) is 12.5 Å². The highest BCUT2D eigenvalue weighted by atomic mass is 16.6. The Labute approximate surface area is 107 Å². The largest absolute Gasteiger partial charge is 0.472 e. The zero-order chi connectivity index (χ0) is 13.6. The average molecular weight is 255 g/mol. The molecule has 0 aliphatic carbocycles. The highest BCUT2D eigenvalue weighted by Gasteiger charge is 2.15. The minimum absolute atomic E-state index is 0.430. The summed E-state index contributed by atoms with van der Waals surface area (Å²) in [4.78, 5) is 11.3. The summed E-state index contributed by atoms with van der Waals surface area (Å²) < 4.78 is 9.97. The normalized spacial score (nSPS) is 13.1. The molecule has 1 aromatic rings. The van der Waals surface area contributed by atoms with Gasteiger partial charge in [-0.2, -0.15) is 0 Å². The quantitative estimate of drug-likeness (QED) is 0.793. The van der Waals surface area contributed by atoms with Gasteiger partial charge in [-0.1, -0.05) is 0 Å². The minimum atomic E-state index is -0.552. The third-order valence-corrected chi connectivity index (χ3v) is 2.25. The lowest BCUT2D eigenvalue weighted by atomic mass is 10.1. The summed E-state index contributed by atoms with van der Waals surface area (Å²) in [6.45, 7) is 5.92. The Morgan fingerprint density at radius 1 is 1.56 bits per heavy atom. The van der Waals surface area contributed by atoms with Crippen LogP contribution in [0.1, 0.15) is 45.3 Å². The number of furan rings is 1. The van der Waals surface area contributed by atoms with Crippen molar-refractivity contribution in [3.63, 3.8) is 0 Å². The van der Waals surface area contributed by atoms with Crippen molar-refractivity contribution in [1.82, 2.24) is 5.32 Å². The number of hydrogen-bond donors (Lipinski definition) is 2. The number of carbonyl (C=O) groups is 1. The molecule has 0 bridgehead atoms. The molecule has 1 atom stereocenters. The molecule has 1 rings (SSSR count). The number of nitrogens with one attached hydrogen (secondary N) is 1. The van der Waals surface area contributed by atoms with Gasteiger partial charge in [-0.3, -0.25) is 0 Å². The van der Waals surface area contributed by atoms with Gasteiger partial charge < -0.3 is 19.6 Å². The van der Waals surface area contributed by atoms with E-state index in [2.05, 4.69) is 5.32 Å². The highest BCUT2D eigenvalue weighted by molar-refractivity contribution is 5.67. The van der Waals surface area contributed by atoms with Gasteiger partial charge in [0.05, 0.1) is 18.6 Å². The van der Waals surface area contributed by atoms with Crippen LogP contribution in [-0.2, 0) is 4.74 Å². The molecule has 102 valence electrons. The Bertz CT molecular complexity index is 354. The van der Waals surface area contributed by atoms with Crippen molar-refractivity contribution in [3.05, 3.63) is 24.2 Å². The van der Waals surface area contributed by atoms with Crippen LogP contribution in [0.15, 0.2) is 23.0 Å². The van der Waals surface area contributed by atoms with Crippen LogP contribution in [0.5, 0.6) is 0 Å². The van der Waals surface area contributed by atoms with Crippen LogP contribution >= 0.6 is 0 Å². The summed E-state index contributed by atoms with van der Waals surface area (Å²) in [5, 5.41) is 12.4. The first-order chi connectivity index (χ1) is 8.38. The Morgan fingerprint density at radius 3 is 2.83 bits per heavy atom. The molecule has 1 amide bonds. The SMILES string of the molecule is CC(C)(C)OC(=O)NCCC[C@@H](O)c1ccoc1. The smallest absolute Gasteiger partial charge is 0.407 e. The number of ether oxygens (including phenoxy) is 1. The van der Waals surface area contributed by atoms with Crippen molar-refractivity contribution in [2.75, 3.05) is 6.54 Å². The van der Waals surface area contributed by atoms with Crippen LogP contribution in [-0.4, -0.2) is 23.3 Å². The number of carbonyl (C=O) groups excluding carboxylic acids is 1. The second-order valence-electron chi connectivity index (χ2n) is 5.14. The molecular formula is C13H21NO4. The van der Waals surface area contributed by atoms with E-state index in [1.807, 2.05) is 20.8 Å². The third-order valence-electron chi connectivity index (χ3n) is 2.25. The summed E-state index contributed by atoms with van der Waals surface area (Å²) >= 11 is 0. The fourth-order valence-corrected chi connectivity index (χ4v) is 1.43. The average Bonchev–Trinajstić information content (AvgIpc) is 2.74. The molecule has 0 saturated carbocycles. The lowest BCUT2D eigenvalue weighted by Gasteiger charge is -2.19. The summed E-state index contributed by atoms with van der Waals surface area (Å²) in [5.41, 5.74) is 0.271. The summed E-state index contributed by atoms with van der Waals surface area (Å²) in [7, 11) is 0. The van der Waals surface area contributed by atoms with Crippen LogP contribution in [0, 0.1) is 0 Å². The van der Waals surface area contributed by atoms with Crippen LogP contribution in [0.25, 0.3) is 0 Å². The molecule has 0 aromatic carbocycles. The van der Waals surface area contributed by atoms with Gasteiger partial charge in [0.25, 0.3) is 0 Å². The number of amides is 1. The Morgan fingerprint density at radius 2 is 2.28 bits per heavy atom. The van der Waals surface area contributed by atoms with Crippen LogP contribution in [0.4, 0.5) is 4.79 Å². The molecule has 0 aliphatic rings. The van der Waals surface area contributed by atoms with Crippen LogP contribution in [0.3, 0.4) is 0 Å². The zero-order valence-electron chi connectivity index (χ0n) is 11.1. The number of alkyl carbamates (subject to hydrolysis) is 1. The molecule has 0 fully saturated rings. The van der Waals surface area contributed by atoms with Crippen molar-refractivity contribution >= 4 is 6.09 Å². The molecule has 2 N–H and O–H groups in total. The van der Waals surface area contributed by atoms with E-state index < -0.39 is 17.8 Å². The van der Waals surface area contributed by atoms with Crippen molar-refractivity contribution in [1.29, 1.82) is 0 Å². The minimum Gasteiger partial charge on any atom is -0.472 e. The summed E-state index contributed by atoms with van der Waals surface area (Å²) in [6, 6.07) is 1.73. The number of aliphatic hydroxyl groups is 1. The van der Waals surface area contributed by atoms with E-state index in [4.69, 9.17) is 9.15 Å². The van der Waals surface area contributed by atoms with E-state index in [9.17, 15) is 9.90 Å². The van der Waals surface area contributed by atoms with Gasteiger partial charge in [0.1, 0.15) is 5.60 Å². The van der Waals surface area contributed by atoms with Gasteiger partial charge >= 0.3 is 6.09 Å². The fraction of sp³-hybridized carbons (Fsp3) is 0.615. The van der Waals surface area contributed by atoms with E-state index >= 15 is 0 Å². The number of rotatable bonds is 5. The molecular weight excluding hydrogens is 234 g/mol. The second-order valence-corrected chi connectivity index (χ2v) is 5.14. The maximum atomic E-state index is 11.3. The monoisotopic (exact) mass is 255 g/mol. The molecule has 1 heterocycles. The van der Waals surface area contributed by atoms with E-state index in [1.54, 1.807) is 6.07 Å². The fourth-order valence-electron chi connectivity index (χ4n) is 1.43. The van der Waals surface area contributed by atoms with Crippen molar-refractivity contribution in [2.24, 2.45) is 0 Å². The lowest BCUT2D eigenvalue weighted by Crippen LogP contribution is -2.33. The molecule has 0 aliphatic heterocycles. The summed E-state index contributed by atoms with van der Waals surface area (Å²) in [6.07, 6.45) is 3.30. The van der Waals surface area contributed by atoms with E-state index in [0.29, 0.717) is 19.4 Å². The first-order valence-electron chi connectivity index (χ1n) is 6.05. The second kappa shape index (κ2) is 6.44. The Kier molecular flexibility index (Phi) is 5.22. The Hall–Kier alpha value is -1.49. The van der Waals surface area contributed by atoms with Gasteiger partial charge in [0, 0.05) is 12.1 Å². The van der Waals surface area contributed by atoms with Crippen molar-refractivity contribution in [2.45, 2.75) is 45.3 Å². The van der Waals surface area contributed by atoms with Crippen LogP contribution < -0.4 is 5.32 Å². The predicted molar refractivity (Wildman–Crippen MR) is 67.1 cm³/mol. The first kappa shape index (κ1) is 14.6. The lowest BCUT2D eigenvalue weighted by molar-refractivity contribution is 0.0523. The molecule has 0 unspecified atom stereocenters. The first-order valence-corrected chi connectivity index (χ1v) is 6.05. The molecule has 1 aromatic heterocycles. The van der Waals surface area contributed by atoms with Crippen LogP contribution in [0.2, 0.25) is 0 Å². The zero-order valence-corrected chi connectivity index (χ0v) is 11.1. The van der Waals surface area contributed by atoms with Gasteiger partial charge in [0.15, 0.2) is 0 Å². The third kappa shape index (κ3) is 5.72. The molecule has 5 heteroatoms. The van der Waals surface area contributed by atoms with Gasteiger partial charge in [-0.05, 0) is 39.7 Å². The molecule has 18 heavy (non-hydrogen) atoms. The molecule has 0 saturated heterocycles. The summed E-state index contributed by atoms with van der Waals surface area (Å²) in [5.74, 6) is 0. The van der Waals surface area contributed by atoms with Gasteiger partial charge in [-0.25, -0.2) is 4.79 Å².